The number of aryl methyl sites for hydroxylation is 1. The van der Waals surface area contributed by atoms with Crippen LogP contribution in [-0.2, 0) is 11.2 Å². The van der Waals surface area contributed by atoms with Crippen molar-refractivity contribution in [1.29, 1.82) is 0 Å². The van der Waals surface area contributed by atoms with Crippen molar-refractivity contribution in [3.05, 3.63) is 47.6 Å². The van der Waals surface area contributed by atoms with Gasteiger partial charge in [0.25, 0.3) is 0 Å². The molecule has 1 amide bonds. The number of aromatic nitrogens is 2. The van der Waals surface area contributed by atoms with Crippen molar-refractivity contribution in [3.63, 3.8) is 0 Å². The molecule has 4 nitrogen and oxygen atoms in total. The zero-order valence-electron chi connectivity index (χ0n) is 13.7. The minimum absolute atomic E-state index is 0.00593. The van der Waals surface area contributed by atoms with Crippen molar-refractivity contribution >= 4 is 44.9 Å². The van der Waals surface area contributed by atoms with Gasteiger partial charge in [0.05, 0.1) is 5.25 Å². The number of hydrogen-bond donors (Lipinski definition) is 1. The summed E-state index contributed by atoms with van der Waals surface area (Å²) in [7, 11) is 0. The third kappa shape index (κ3) is 3.76. The molecule has 0 saturated carbocycles. The van der Waals surface area contributed by atoms with E-state index in [1.807, 2.05) is 37.3 Å². The van der Waals surface area contributed by atoms with Crippen LogP contribution < -0.4 is 5.32 Å². The Morgan fingerprint density at radius 2 is 2.04 bits per heavy atom. The minimum Gasteiger partial charge on any atom is -0.325 e. The van der Waals surface area contributed by atoms with Crippen molar-refractivity contribution < 1.29 is 4.79 Å². The lowest BCUT2D eigenvalue weighted by atomic mass is 10.3. The maximum absolute atomic E-state index is 12.6. The molecule has 0 aliphatic rings. The normalized spacial score (nSPS) is 12.2. The topological polar surface area (TPSA) is 54.9 Å². The van der Waals surface area contributed by atoms with Crippen molar-refractivity contribution in [2.24, 2.45) is 0 Å². The first-order valence-electron chi connectivity index (χ1n) is 7.97. The van der Waals surface area contributed by atoms with Crippen LogP contribution in [0, 0.1) is 0 Å². The molecule has 0 aliphatic heterocycles. The summed E-state index contributed by atoms with van der Waals surface area (Å²) in [5.41, 5.74) is 0.818. The summed E-state index contributed by atoms with van der Waals surface area (Å²) >= 11 is 3.21. The number of para-hydroxylation sites is 1. The SMILES string of the molecule is CCc1cc2c(SC(CC)C(=O)Nc3ccccc3)ncnc2s1. The van der Waals surface area contributed by atoms with E-state index in [4.69, 9.17) is 0 Å². The molecule has 1 N–H and O–H groups in total. The van der Waals surface area contributed by atoms with Crippen LogP contribution in [0.15, 0.2) is 47.8 Å². The van der Waals surface area contributed by atoms with Gasteiger partial charge in [0.15, 0.2) is 0 Å². The number of thioether (sulfide) groups is 1. The predicted octanol–water partition coefficient (Wildman–Crippen LogP) is 4.76. The predicted molar refractivity (Wildman–Crippen MR) is 102 cm³/mol. The monoisotopic (exact) mass is 357 g/mol. The molecule has 24 heavy (non-hydrogen) atoms. The van der Waals surface area contributed by atoms with Crippen molar-refractivity contribution in [2.75, 3.05) is 5.32 Å². The molecule has 2 aromatic heterocycles. The summed E-state index contributed by atoms with van der Waals surface area (Å²) < 4.78 is 0. The summed E-state index contributed by atoms with van der Waals surface area (Å²) in [5, 5.41) is 4.72. The van der Waals surface area contributed by atoms with Gasteiger partial charge in [-0.25, -0.2) is 9.97 Å². The number of rotatable bonds is 6. The number of thiophene rings is 1. The zero-order chi connectivity index (χ0) is 16.9. The van der Waals surface area contributed by atoms with Gasteiger partial charge in [-0.3, -0.25) is 4.79 Å². The first-order chi connectivity index (χ1) is 11.7. The van der Waals surface area contributed by atoms with Gasteiger partial charge in [0.1, 0.15) is 16.2 Å². The maximum atomic E-state index is 12.6. The van der Waals surface area contributed by atoms with Crippen LogP contribution in [-0.4, -0.2) is 21.1 Å². The van der Waals surface area contributed by atoms with Crippen LogP contribution in [0.5, 0.6) is 0 Å². The number of benzene rings is 1. The molecule has 1 aromatic carbocycles. The van der Waals surface area contributed by atoms with E-state index in [9.17, 15) is 4.79 Å². The highest BCUT2D eigenvalue weighted by molar-refractivity contribution is 8.00. The van der Waals surface area contributed by atoms with Crippen LogP contribution in [0.25, 0.3) is 10.2 Å². The fourth-order valence-electron chi connectivity index (χ4n) is 2.35. The molecule has 2 heterocycles. The quantitative estimate of drug-likeness (QED) is 0.510. The summed E-state index contributed by atoms with van der Waals surface area (Å²) in [4.78, 5) is 23.6. The molecule has 0 saturated heterocycles. The molecule has 6 heteroatoms. The highest BCUT2D eigenvalue weighted by atomic mass is 32.2. The van der Waals surface area contributed by atoms with Gasteiger partial charge in [-0.1, -0.05) is 43.8 Å². The summed E-state index contributed by atoms with van der Waals surface area (Å²) in [6.45, 7) is 4.15. The Labute approximate surface area is 149 Å². The lowest BCUT2D eigenvalue weighted by Crippen LogP contribution is -2.24. The van der Waals surface area contributed by atoms with Crippen LogP contribution in [0.3, 0.4) is 0 Å². The number of carbonyl (C=O) groups excluding carboxylic acids is 1. The highest BCUT2D eigenvalue weighted by Crippen LogP contribution is 2.34. The third-order valence-electron chi connectivity index (χ3n) is 3.65. The highest BCUT2D eigenvalue weighted by Gasteiger charge is 2.20. The van der Waals surface area contributed by atoms with Gasteiger partial charge in [0, 0.05) is 16.0 Å². The van der Waals surface area contributed by atoms with E-state index in [-0.39, 0.29) is 11.2 Å². The van der Waals surface area contributed by atoms with E-state index < -0.39 is 0 Å². The number of amides is 1. The van der Waals surface area contributed by atoms with Crippen molar-refractivity contribution in [1.82, 2.24) is 9.97 Å². The molecule has 0 bridgehead atoms. The van der Waals surface area contributed by atoms with Crippen LogP contribution in [0.2, 0.25) is 0 Å². The Morgan fingerprint density at radius 3 is 2.75 bits per heavy atom. The molecule has 0 aliphatic carbocycles. The van der Waals surface area contributed by atoms with Gasteiger partial charge in [-0.2, -0.15) is 0 Å². The Balaban J connectivity index is 1.80. The van der Waals surface area contributed by atoms with Crippen LogP contribution in [0.4, 0.5) is 5.69 Å². The second-order valence-corrected chi connectivity index (χ2v) is 7.64. The Kier molecular flexibility index (Phi) is 5.48. The van der Waals surface area contributed by atoms with E-state index in [1.54, 1.807) is 17.7 Å². The van der Waals surface area contributed by atoms with E-state index in [1.165, 1.54) is 16.6 Å². The number of carbonyl (C=O) groups is 1. The lowest BCUT2D eigenvalue weighted by molar-refractivity contribution is -0.115. The van der Waals surface area contributed by atoms with E-state index in [0.717, 1.165) is 33.8 Å². The molecule has 0 spiro atoms. The van der Waals surface area contributed by atoms with Crippen molar-refractivity contribution in [3.8, 4) is 0 Å². The van der Waals surface area contributed by atoms with Gasteiger partial charge in [-0.15, -0.1) is 11.3 Å². The molecule has 3 aromatic rings. The molecular formula is C18H19N3OS2. The fourth-order valence-corrected chi connectivity index (χ4v) is 4.35. The Bertz CT molecular complexity index is 833. The van der Waals surface area contributed by atoms with Gasteiger partial charge < -0.3 is 5.32 Å². The summed E-state index contributed by atoms with van der Waals surface area (Å²) in [5.74, 6) is 0.00593. The molecule has 0 radical (unpaired) electrons. The van der Waals surface area contributed by atoms with Gasteiger partial charge in [0.2, 0.25) is 5.91 Å². The second-order valence-electron chi connectivity index (χ2n) is 5.33. The van der Waals surface area contributed by atoms with Crippen LogP contribution in [0.1, 0.15) is 25.1 Å². The average molecular weight is 358 g/mol. The number of fused-ring (bicyclic) bond motifs is 1. The second kappa shape index (κ2) is 7.77. The Hall–Kier alpha value is -1.92. The van der Waals surface area contributed by atoms with Crippen LogP contribution >= 0.6 is 23.1 Å². The van der Waals surface area contributed by atoms with Crippen molar-refractivity contribution in [2.45, 2.75) is 37.0 Å². The molecule has 3 rings (SSSR count). The number of nitrogens with zero attached hydrogens (tertiary/aromatic N) is 2. The molecule has 124 valence electrons. The fraction of sp³-hybridized carbons (Fsp3) is 0.278. The summed E-state index contributed by atoms with van der Waals surface area (Å²) in [6, 6.07) is 11.7. The summed E-state index contributed by atoms with van der Waals surface area (Å²) in [6.07, 6.45) is 3.30. The van der Waals surface area contributed by atoms with Gasteiger partial charge >= 0.3 is 0 Å². The molecule has 0 fully saturated rings. The Morgan fingerprint density at radius 1 is 1.25 bits per heavy atom. The molecule has 1 unspecified atom stereocenters. The molecule has 1 atom stereocenters. The number of nitrogens with one attached hydrogen (secondary N) is 1. The zero-order valence-corrected chi connectivity index (χ0v) is 15.3. The van der Waals surface area contributed by atoms with E-state index >= 15 is 0 Å². The number of hydrogen-bond acceptors (Lipinski definition) is 5. The van der Waals surface area contributed by atoms with E-state index in [0.29, 0.717) is 0 Å². The smallest absolute Gasteiger partial charge is 0.237 e. The first kappa shape index (κ1) is 16.9. The molecular weight excluding hydrogens is 338 g/mol. The minimum atomic E-state index is -0.187. The third-order valence-corrected chi connectivity index (χ3v) is 6.22. The first-order valence-corrected chi connectivity index (χ1v) is 9.66. The standard InChI is InChI=1S/C18H19N3OS2/c1-3-13-10-14-17(23-13)19-11-20-18(14)24-15(4-2)16(22)21-12-8-6-5-7-9-12/h5-11,15H,3-4H2,1-2H3,(H,21,22). The van der Waals surface area contributed by atoms with E-state index in [2.05, 4.69) is 28.3 Å². The largest absolute Gasteiger partial charge is 0.325 e. The van der Waals surface area contributed by atoms with Gasteiger partial charge in [-0.05, 0) is 31.0 Å². The maximum Gasteiger partial charge on any atom is 0.237 e. The average Bonchev–Trinajstić information content (AvgIpc) is 3.04. The number of anilines is 1. The lowest BCUT2D eigenvalue weighted by Gasteiger charge is -2.14.